The highest BCUT2D eigenvalue weighted by atomic mass is 79.9. The van der Waals surface area contributed by atoms with Crippen LogP contribution in [-0.4, -0.2) is 18.8 Å². The van der Waals surface area contributed by atoms with Crippen LogP contribution in [0.5, 0.6) is 0 Å². The Kier molecular flexibility index (Phi) is 6.08. The molecule has 0 radical (unpaired) electrons. The first-order valence-corrected chi connectivity index (χ1v) is 8.67. The van der Waals surface area contributed by atoms with Gasteiger partial charge >= 0.3 is 0 Å². The number of nitrogens with zero attached hydrogens (tertiary/aromatic N) is 2. The molecule has 2 aromatic rings. The van der Waals surface area contributed by atoms with E-state index >= 15 is 0 Å². The van der Waals surface area contributed by atoms with Gasteiger partial charge in [-0.25, -0.2) is 0 Å². The molecule has 0 fully saturated rings. The van der Waals surface area contributed by atoms with Gasteiger partial charge in [0.15, 0.2) is 0 Å². The highest BCUT2D eigenvalue weighted by Crippen LogP contribution is 2.24. The van der Waals surface area contributed by atoms with Crippen LogP contribution >= 0.6 is 27.5 Å². The first-order valence-electron chi connectivity index (χ1n) is 7.50. The lowest BCUT2D eigenvalue weighted by Crippen LogP contribution is -2.26. The minimum absolute atomic E-state index is 0.239. The van der Waals surface area contributed by atoms with Crippen LogP contribution < -0.4 is 10.3 Å². The van der Waals surface area contributed by atoms with Gasteiger partial charge in [0.25, 0.3) is 0 Å². The molecule has 0 amide bonds. The lowest BCUT2D eigenvalue weighted by atomic mass is 10.1. The Morgan fingerprint density at radius 1 is 1.17 bits per heavy atom. The smallest absolute Gasteiger partial charge is 0.0672 e. The summed E-state index contributed by atoms with van der Waals surface area (Å²) in [5, 5.41) is 10.7. The molecular weight excluding hydrogens is 374 g/mol. The molecule has 1 N–H and O–H groups in total. The topological polar surface area (TPSA) is 27.6 Å². The molecule has 2 rings (SSSR count). The van der Waals surface area contributed by atoms with E-state index in [1.54, 1.807) is 0 Å². The minimum atomic E-state index is 0.239. The van der Waals surface area contributed by atoms with Gasteiger partial charge in [0.2, 0.25) is 0 Å². The standard InChI is InChI=1S/C18H21BrClN3/c1-12(2)23(16-8-5-14(19)6-9-16)22-13(3)17-11-15(20)7-10-18(17)21-4/h5-12,21H,1-4H3/b22-13+. The second-order valence-corrected chi connectivity index (χ2v) is 6.89. The third-order valence-corrected chi connectivity index (χ3v) is 4.24. The summed E-state index contributed by atoms with van der Waals surface area (Å²) in [5.74, 6) is 0. The van der Waals surface area contributed by atoms with Crippen molar-refractivity contribution in [1.82, 2.24) is 0 Å². The van der Waals surface area contributed by atoms with E-state index in [0.717, 1.165) is 27.1 Å². The molecule has 0 aliphatic carbocycles. The fourth-order valence-electron chi connectivity index (χ4n) is 2.31. The summed E-state index contributed by atoms with van der Waals surface area (Å²) in [6, 6.07) is 14.2. The van der Waals surface area contributed by atoms with Crippen LogP contribution in [0.3, 0.4) is 0 Å². The Morgan fingerprint density at radius 2 is 1.83 bits per heavy atom. The minimum Gasteiger partial charge on any atom is -0.388 e. The zero-order chi connectivity index (χ0) is 17.0. The molecule has 0 unspecified atom stereocenters. The fraction of sp³-hybridized carbons (Fsp3) is 0.278. The third-order valence-electron chi connectivity index (χ3n) is 3.48. The summed E-state index contributed by atoms with van der Waals surface area (Å²) < 4.78 is 1.05. The van der Waals surface area contributed by atoms with Crippen molar-refractivity contribution >= 4 is 44.6 Å². The van der Waals surface area contributed by atoms with Crippen LogP contribution in [0.2, 0.25) is 5.02 Å². The Balaban J connectivity index is 2.43. The average molecular weight is 395 g/mol. The number of benzene rings is 2. The van der Waals surface area contributed by atoms with E-state index in [2.05, 4.69) is 47.2 Å². The predicted octanol–water partition coefficient (Wildman–Crippen LogP) is 5.78. The van der Waals surface area contributed by atoms with Crippen LogP contribution in [0.25, 0.3) is 0 Å². The van der Waals surface area contributed by atoms with Crippen LogP contribution in [0, 0.1) is 0 Å². The predicted molar refractivity (Wildman–Crippen MR) is 105 cm³/mol. The molecule has 0 aliphatic rings. The van der Waals surface area contributed by atoms with Gasteiger partial charge in [0.05, 0.1) is 11.4 Å². The van der Waals surface area contributed by atoms with Gasteiger partial charge in [-0.2, -0.15) is 5.10 Å². The highest BCUT2D eigenvalue weighted by Gasteiger charge is 2.12. The second kappa shape index (κ2) is 7.84. The number of hydrazone groups is 1. The number of hydrogen-bond donors (Lipinski definition) is 1. The van der Waals surface area contributed by atoms with E-state index in [0.29, 0.717) is 5.02 Å². The Morgan fingerprint density at radius 3 is 2.39 bits per heavy atom. The third kappa shape index (κ3) is 4.49. The summed E-state index contributed by atoms with van der Waals surface area (Å²) in [5.41, 5.74) is 3.97. The number of nitrogens with one attached hydrogen (secondary N) is 1. The van der Waals surface area contributed by atoms with Crippen molar-refractivity contribution < 1.29 is 0 Å². The van der Waals surface area contributed by atoms with Crippen molar-refractivity contribution in [3.8, 4) is 0 Å². The maximum absolute atomic E-state index is 6.15. The summed E-state index contributed by atoms with van der Waals surface area (Å²) in [4.78, 5) is 0. The van der Waals surface area contributed by atoms with E-state index in [-0.39, 0.29) is 6.04 Å². The van der Waals surface area contributed by atoms with Crippen molar-refractivity contribution in [2.45, 2.75) is 26.8 Å². The molecular formula is C18H21BrClN3. The molecule has 23 heavy (non-hydrogen) atoms. The van der Waals surface area contributed by atoms with E-state index in [1.807, 2.05) is 49.3 Å². The maximum Gasteiger partial charge on any atom is 0.0672 e. The van der Waals surface area contributed by atoms with Crippen LogP contribution in [-0.2, 0) is 0 Å². The maximum atomic E-state index is 6.15. The van der Waals surface area contributed by atoms with Crippen LogP contribution in [0.1, 0.15) is 26.3 Å². The average Bonchev–Trinajstić information content (AvgIpc) is 2.53. The molecule has 0 saturated carbocycles. The monoisotopic (exact) mass is 393 g/mol. The lowest BCUT2D eigenvalue weighted by molar-refractivity contribution is 0.713. The highest BCUT2D eigenvalue weighted by molar-refractivity contribution is 9.10. The molecule has 3 nitrogen and oxygen atoms in total. The summed E-state index contributed by atoms with van der Waals surface area (Å²) >= 11 is 9.62. The quantitative estimate of drug-likeness (QED) is 0.514. The van der Waals surface area contributed by atoms with Crippen molar-refractivity contribution in [3.63, 3.8) is 0 Å². The molecule has 0 atom stereocenters. The van der Waals surface area contributed by atoms with Crippen molar-refractivity contribution in [1.29, 1.82) is 0 Å². The van der Waals surface area contributed by atoms with Gasteiger partial charge in [0.1, 0.15) is 0 Å². The van der Waals surface area contributed by atoms with Crippen molar-refractivity contribution in [2.24, 2.45) is 5.10 Å². The SMILES string of the molecule is CNc1ccc(Cl)cc1/C(C)=N/N(c1ccc(Br)cc1)C(C)C. The second-order valence-electron chi connectivity index (χ2n) is 5.54. The molecule has 2 aromatic carbocycles. The van der Waals surface area contributed by atoms with Gasteiger partial charge in [0, 0.05) is 33.8 Å². The normalized spacial score (nSPS) is 11.7. The molecule has 0 spiro atoms. The van der Waals surface area contributed by atoms with Gasteiger partial charge in [-0.3, -0.25) is 5.01 Å². The fourth-order valence-corrected chi connectivity index (χ4v) is 2.75. The summed E-state index contributed by atoms with van der Waals surface area (Å²) in [6.45, 7) is 6.24. The Hall–Kier alpha value is -1.52. The van der Waals surface area contributed by atoms with Crippen LogP contribution in [0.4, 0.5) is 11.4 Å². The first-order chi connectivity index (χ1) is 10.9. The van der Waals surface area contributed by atoms with E-state index in [9.17, 15) is 0 Å². The number of anilines is 2. The van der Waals surface area contributed by atoms with Crippen LogP contribution in [0.15, 0.2) is 52.0 Å². The Labute approximate surface area is 151 Å². The lowest BCUT2D eigenvalue weighted by Gasteiger charge is -2.25. The number of rotatable bonds is 5. The number of halogens is 2. The summed E-state index contributed by atoms with van der Waals surface area (Å²) in [6.07, 6.45) is 0. The van der Waals surface area contributed by atoms with Gasteiger partial charge in [-0.1, -0.05) is 27.5 Å². The van der Waals surface area contributed by atoms with Gasteiger partial charge in [-0.05, 0) is 63.2 Å². The molecule has 0 heterocycles. The van der Waals surface area contributed by atoms with Crippen molar-refractivity contribution in [3.05, 3.63) is 57.5 Å². The van der Waals surface area contributed by atoms with Gasteiger partial charge in [-0.15, -0.1) is 0 Å². The van der Waals surface area contributed by atoms with E-state index < -0.39 is 0 Å². The Bertz CT molecular complexity index is 696. The van der Waals surface area contributed by atoms with Crippen molar-refractivity contribution in [2.75, 3.05) is 17.4 Å². The van der Waals surface area contributed by atoms with E-state index in [4.69, 9.17) is 16.7 Å². The molecule has 0 aliphatic heterocycles. The molecule has 122 valence electrons. The van der Waals surface area contributed by atoms with E-state index in [1.165, 1.54) is 0 Å². The van der Waals surface area contributed by atoms with Gasteiger partial charge < -0.3 is 5.32 Å². The zero-order valence-corrected chi connectivity index (χ0v) is 16.1. The zero-order valence-electron chi connectivity index (χ0n) is 13.8. The molecule has 0 bridgehead atoms. The largest absolute Gasteiger partial charge is 0.388 e. The summed E-state index contributed by atoms with van der Waals surface area (Å²) in [7, 11) is 1.90. The molecule has 5 heteroatoms. The molecule has 0 saturated heterocycles. The molecule has 0 aromatic heterocycles. The number of hydrogen-bond acceptors (Lipinski definition) is 3. The first kappa shape index (κ1) is 17.8.